The summed E-state index contributed by atoms with van der Waals surface area (Å²) in [7, 11) is -2.15. The van der Waals surface area contributed by atoms with Crippen LogP contribution >= 0.6 is 27.5 Å². The smallest absolute Gasteiger partial charge is 0.242 e. The molecule has 0 aliphatic heterocycles. The molecule has 11 heteroatoms. The van der Waals surface area contributed by atoms with Crippen molar-refractivity contribution in [2.45, 2.75) is 52.1 Å². The summed E-state index contributed by atoms with van der Waals surface area (Å²) in [5.41, 5.74) is 1.26. The summed E-state index contributed by atoms with van der Waals surface area (Å²) in [6.45, 7) is 4.63. The lowest BCUT2D eigenvalue weighted by atomic mass is 10.1. The third-order valence-corrected chi connectivity index (χ3v) is 7.80. The monoisotopic (exact) mass is 615 g/mol. The van der Waals surface area contributed by atoms with Crippen molar-refractivity contribution in [1.82, 2.24) is 10.2 Å². The summed E-state index contributed by atoms with van der Waals surface area (Å²) in [4.78, 5) is 27.7. The van der Waals surface area contributed by atoms with Crippen molar-refractivity contribution < 1.29 is 22.7 Å². The van der Waals surface area contributed by atoms with Crippen LogP contribution in [0.25, 0.3) is 0 Å². The van der Waals surface area contributed by atoms with Crippen LogP contribution in [0.2, 0.25) is 5.02 Å². The second-order valence-corrected chi connectivity index (χ2v) is 12.0. The van der Waals surface area contributed by atoms with Gasteiger partial charge in [-0.2, -0.15) is 0 Å². The van der Waals surface area contributed by atoms with E-state index in [-0.39, 0.29) is 42.8 Å². The van der Waals surface area contributed by atoms with Crippen molar-refractivity contribution >= 4 is 55.1 Å². The van der Waals surface area contributed by atoms with Gasteiger partial charge in [0.05, 0.1) is 24.1 Å². The minimum Gasteiger partial charge on any atom is -0.495 e. The molecule has 0 aliphatic rings. The van der Waals surface area contributed by atoms with E-state index < -0.39 is 16.1 Å². The first-order valence-corrected chi connectivity index (χ1v) is 15.1. The van der Waals surface area contributed by atoms with Crippen molar-refractivity contribution in [1.29, 1.82) is 0 Å². The van der Waals surface area contributed by atoms with E-state index >= 15 is 0 Å². The quantitative estimate of drug-likeness (QED) is 0.302. The Hall–Kier alpha value is -2.30. The van der Waals surface area contributed by atoms with Crippen LogP contribution in [0.4, 0.5) is 5.69 Å². The van der Waals surface area contributed by atoms with Crippen molar-refractivity contribution in [3.05, 3.63) is 57.5 Å². The number of hydrogen-bond donors (Lipinski definition) is 1. The maximum Gasteiger partial charge on any atom is 0.242 e. The highest BCUT2D eigenvalue weighted by Crippen LogP contribution is 2.30. The first-order chi connectivity index (χ1) is 17.5. The summed E-state index contributed by atoms with van der Waals surface area (Å²) < 4.78 is 32.2. The van der Waals surface area contributed by atoms with E-state index in [1.807, 2.05) is 31.2 Å². The average molecular weight is 617 g/mol. The number of benzene rings is 2. The summed E-state index contributed by atoms with van der Waals surface area (Å²) in [5.74, 6) is -0.0230. The fourth-order valence-corrected chi connectivity index (χ4v) is 5.42. The van der Waals surface area contributed by atoms with Crippen molar-refractivity contribution in [3.63, 3.8) is 0 Å². The Morgan fingerprint density at radius 3 is 2.49 bits per heavy atom. The van der Waals surface area contributed by atoms with Crippen LogP contribution in [-0.2, 0) is 26.2 Å². The fraction of sp³-hybridized carbons (Fsp3) is 0.462. The summed E-state index contributed by atoms with van der Waals surface area (Å²) in [6, 6.07) is 11.6. The van der Waals surface area contributed by atoms with Gasteiger partial charge < -0.3 is 15.0 Å². The Labute approximate surface area is 233 Å². The van der Waals surface area contributed by atoms with Gasteiger partial charge in [0.1, 0.15) is 11.8 Å². The van der Waals surface area contributed by atoms with Crippen molar-refractivity contribution in [2.24, 2.45) is 0 Å². The Bertz CT molecular complexity index is 1180. The van der Waals surface area contributed by atoms with Crippen LogP contribution in [0, 0.1) is 0 Å². The number of carbonyl (C=O) groups excluding carboxylic acids is 2. The van der Waals surface area contributed by atoms with Gasteiger partial charge in [-0.15, -0.1) is 0 Å². The van der Waals surface area contributed by atoms with Crippen LogP contribution in [0.5, 0.6) is 5.75 Å². The highest BCUT2D eigenvalue weighted by Gasteiger charge is 2.26. The van der Waals surface area contributed by atoms with Crippen LogP contribution in [0.15, 0.2) is 46.9 Å². The molecular formula is C26H35BrClN3O5S. The number of nitrogens with zero attached hydrogens (tertiary/aromatic N) is 2. The van der Waals surface area contributed by atoms with E-state index in [2.05, 4.69) is 21.2 Å². The number of nitrogens with one attached hydrogen (secondary N) is 1. The zero-order valence-electron chi connectivity index (χ0n) is 21.7. The van der Waals surface area contributed by atoms with E-state index in [1.165, 1.54) is 22.4 Å². The molecule has 2 aromatic rings. The number of rotatable bonds is 14. The van der Waals surface area contributed by atoms with Crippen LogP contribution < -0.4 is 14.4 Å². The molecule has 1 N–H and O–H groups in total. The molecule has 37 heavy (non-hydrogen) atoms. The van der Waals surface area contributed by atoms with E-state index in [4.69, 9.17) is 16.3 Å². The number of halogens is 2. The Morgan fingerprint density at radius 2 is 1.89 bits per heavy atom. The lowest BCUT2D eigenvalue weighted by Gasteiger charge is -2.29. The van der Waals surface area contributed by atoms with Gasteiger partial charge in [0.15, 0.2) is 0 Å². The molecule has 1 unspecified atom stereocenters. The van der Waals surface area contributed by atoms with Gasteiger partial charge in [-0.05, 0) is 55.7 Å². The zero-order valence-corrected chi connectivity index (χ0v) is 24.8. The number of amides is 2. The minimum atomic E-state index is -3.63. The topological polar surface area (TPSA) is 96.0 Å². The second kappa shape index (κ2) is 14.6. The molecule has 2 amide bonds. The number of hydrogen-bond acceptors (Lipinski definition) is 5. The number of unbranched alkanes of at least 4 members (excludes halogenated alkanes) is 1. The molecular weight excluding hydrogens is 582 g/mol. The minimum absolute atomic E-state index is 0.0660. The van der Waals surface area contributed by atoms with E-state index in [0.717, 1.165) is 29.1 Å². The molecule has 204 valence electrons. The van der Waals surface area contributed by atoms with Crippen molar-refractivity contribution in [3.8, 4) is 5.75 Å². The van der Waals surface area contributed by atoms with Crippen LogP contribution in [0.1, 0.15) is 45.1 Å². The number of ether oxygens (including phenoxy) is 1. The number of carbonyl (C=O) groups is 2. The van der Waals surface area contributed by atoms with Gasteiger partial charge in [-0.3, -0.25) is 13.9 Å². The Balaban J connectivity index is 2.17. The maximum atomic E-state index is 13.3. The van der Waals surface area contributed by atoms with Gasteiger partial charge in [-0.1, -0.05) is 53.0 Å². The molecule has 0 aromatic heterocycles. The molecule has 0 fully saturated rings. The highest BCUT2D eigenvalue weighted by atomic mass is 79.9. The summed E-state index contributed by atoms with van der Waals surface area (Å²) >= 11 is 9.65. The normalized spacial score (nSPS) is 12.1. The molecule has 0 bridgehead atoms. The molecule has 0 saturated carbocycles. The number of methoxy groups -OCH3 is 1. The molecule has 0 spiro atoms. The predicted octanol–water partition coefficient (Wildman–Crippen LogP) is 4.99. The average Bonchev–Trinajstić information content (AvgIpc) is 2.84. The first kappa shape index (κ1) is 30.9. The Morgan fingerprint density at radius 1 is 1.16 bits per heavy atom. The van der Waals surface area contributed by atoms with Gasteiger partial charge >= 0.3 is 0 Å². The molecule has 2 rings (SSSR count). The zero-order chi connectivity index (χ0) is 27.6. The van der Waals surface area contributed by atoms with Crippen LogP contribution in [-0.4, -0.2) is 57.6 Å². The van der Waals surface area contributed by atoms with E-state index in [9.17, 15) is 18.0 Å². The second-order valence-electron chi connectivity index (χ2n) is 8.73. The SMILES string of the molecule is CCCCNC(=O)C(C)N(Cc1cccc(Br)c1)C(=O)CCCN(c1ccc(OC)c(Cl)c1)S(C)(=O)=O. The molecule has 0 heterocycles. The predicted molar refractivity (Wildman–Crippen MR) is 151 cm³/mol. The van der Waals surface area contributed by atoms with Crippen LogP contribution in [0.3, 0.4) is 0 Å². The lowest BCUT2D eigenvalue weighted by Crippen LogP contribution is -2.48. The Kier molecular flexibility index (Phi) is 12.2. The molecule has 0 saturated heterocycles. The molecule has 1 atom stereocenters. The first-order valence-electron chi connectivity index (χ1n) is 12.1. The standard InChI is InChI=1S/C26H35BrClN3O5S/c1-5-6-14-29-26(33)19(2)30(18-20-9-7-10-21(27)16-20)25(32)11-8-15-31(37(4,34)35)22-12-13-24(36-3)23(28)17-22/h7,9-10,12-13,16-17,19H,5-6,8,11,14-15,18H2,1-4H3,(H,29,33). The van der Waals surface area contributed by atoms with E-state index in [1.54, 1.807) is 19.1 Å². The fourth-order valence-electron chi connectivity index (χ4n) is 3.77. The lowest BCUT2D eigenvalue weighted by molar-refractivity contribution is -0.140. The molecule has 8 nitrogen and oxygen atoms in total. The maximum absolute atomic E-state index is 13.3. The molecule has 0 aliphatic carbocycles. The highest BCUT2D eigenvalue weighted by molar-refractivity contribution is 9.10. The summed E-state index contributed by atoms with van der Waals surface area (Å²) in [5, 5.41) is 3.18. The molecule has 0 radical (unpaired) electrons. The largest absolute Gasteiger partial charge is 0.495 e. The third-order valence-electron chi connectivity index (χ3n) is 5.81. The van der Waals surface area contributed by atoms with Gasteiger partial charge in [0, 0.05) is 30.5 Å². The third kappa shape index (κ3) is 9.50. The van der Waals surface area contributed by atoms with Gasteiger partial charge in [-0.25, -0.2) is 8.42 Å². The van der Waals surface area contributed by atoms with Gasteiger partial charge in [0.2, 0.25) is 21.8 Å². The van der Waals surface area contributed by atoms with E-state index in [0.29, 0.717) is 18.0 Å². The van der Waals surface area contributed by atoms with Gasteiger partial charge in [0.25, 0.3) is 0 Å². The van der Waals surface area contributed by atoms with Crippen molar-refractivity contribution in [2.75, 3.05) is 30.8 Å². The molecule has 2 aromatic carbocycles. The number of anilines is 1. The summed E-state index contributed by atoms with van der Waals surface area (Å²) in [6.07, 6.45) is 3.24. The number of sulfonamides is 1.